The van der Waals surface area contributed by atoms with Gasteiger partial charge in [-0.25, -0.2) is 9.97 Å². The lowest BCUT2D eigenvalue weighted by Gasteiger charge is -2.26. The van der Waals surface area contributed by atoms with Crippen molar-refractivity contribution in [2.24, 2.45) is 5.92 Å². The Morgan fingerprint density at radius 2 is 2.20 bits per heavy atom. The van der Waals surface area contributed by atoms with Crippen molar-refractivity contribution in [3.05, 3.63) is 18.0 Å². The van der Waals surface area contributed by atoms with E-state index in [4.69, 9.17) is 0 Å². The lowest BCUT2D eigenvalue weighted by Crippen LogP contribution is -2.33. The number of thioether (sulfide) groups is 1. The molecule has 1 N–H and O–H groups in total. The van der Waals surface area contributed by atoms with E-state index in [1.54, 1.807) is 6.20 Å². The number of aliphatic hydroxyl groups is 1. The molecule has 1 rings (SSSR count). The van der Waals surface area contributed by atoms with Gasteiger partial charge < -0.3 is 5.11 Å². The van der Waals surface area contributed by atoms with Crippen molar-refractivity contribution in [3.8, 4) is 0 Å². The van der Waals surface area contributed by atoms with Gasteiger partial charge in [0.25, 0.3) is 0 Å². The third kappa shape index (κ3) is 3.80. The molecule has 0 radical (unpaired) electrons. The summed E-state index contributed by atoms with van der Waals surface area (Å²) < 4.78 is 0. The molecule has 0 aliphatic carbocycles. The van der Waals surface area contributed by atoms with Crippen molar-refractivity contribution in [2.45, 2.75) is 38.5 Å². The van der Waals surface area contributed by atoms with Crippen LogP contribution in [0.1, 0.15) is 26.5 Å². The number of rotatable bonds is 4. The molecule has 0 amide bonds. The van der Waals surface area contributed by atoms with Gasteiger partial charge in [0.2, 0.25) is 0 Å². The molecule has 0 aromatic carbocycles. The zero-order chi connectivity index (χ0) is 11.5. The van der Waals surface area contributed by atoms with Crippen molar-refractivity contribution in [2.75, 3.05) is 5.75 Å². The Hall–Kier alpha value is -0.610. The van der Waals surface area contributed by atoms with Crippen LogP contribution in [0.2, 0.25) is 0 Å². The second-order valence-electron chi connectivity index (χ2n) is 4.28. The van der Waals surface area contributed by atoms with Gasteiger partial charge >= 0.3 is 0 Å². The topological polar surface area (TPSA) is 46.0 Å². The number of nitrogens with zero attached hydrogens (tertiary/aromatic N) is 2. The van der Waals surface area contributed by atoms with Gasteiger partial charge in [0.05, 0.1) is 5.60 Å². The van der Waals surface area contributed by atoms with Crippen LogP contribution in [0.5, 0.6) is 0 Å². The molecular weight excluding hydrogens is 208 g/mol. The monoisotopic (exact) mass is 226 g/mol. The molecule has 1 aromatic rings. The van der Waals surface area contributed by atoms with E-state index >= 15 is 0 Å². The molecule has 0 bridgehead atoms. The Kier molecular flexibility index (Phi) is 4.11. The predicted molar refractivity (Wildman–Crippen MR) is 63.0 cm³/mol. The summed E-state index contributed by atoms with van der Waals surface area (Å²) in [7, 11) is 0. The van der Waals surface area contributed by atoms with Crippen LogP contribution in [-0.2, 0) is 0 Å². The fraction of sp³-hybridized carbons (Fsp3) is 0.636. The molecule has 1 unspecified atom stereocenters. The summed E-state index contributed by atoms with van der Waals surface area (Å²) in [5.41, 5.74) is 0.286. The maximum atomic E-state index is 10.0. The fourth-order valence-corrected chi connectivity index (χ4v) is 1.97. The van der Waals surface area contributed by atoms with Crippen LogP contribution in [0.25, 0.3) is 0 Å². The zero-order valence-corrected chi connectivity index (χ0v) is 10.5. The van der Waals surface area contributed by atoms with Gasteiger partial charge in [0.15, 0.2) is 5.16 Å². The average molecular weight is 226 g/mol. The van der Waals surface area contributed by atoms with E-state index in [1.807, 2.05) is 33.8 Å². The Labute approximate surface area is 95.3 Å². The molecule has 3 nitrogen and oxygen atoms in total. The maximum absolute atomic E-state index is 10.0. The van der Waals surface area contributed by atoms with Gasteiger partial charge in [0, 0.05) is 17.6 Å². The first-order valence-corrected chi connectivity index (χ1v) is 6.05. The molecular formula is C11H18N2OS. The van der Waals surface area contributed by atoms with Gasteiger partial charge in [0.1, 0.15) is 0 Å². The molecule has 0 saturated carbocycles. The van der Waals surface area contributed by atoms with Crippen molar-refractivity contribution in [1.82, 2.24) is 9.97 Å². The summed E-state index contributed by atoms with van der Waals surface area (Å²) in [6.07, 6.45) is 1.74. The van der Waals surface area contributed by atoms with E-state index in [0.717, 1.165) is 10.9 Å². The molecule has 0 fully saturated rings. The molecule has 0 saturated heterocycles. The third-order valence-corrected chi connectivity index (χ3v) is 3.69. The molecule has 84 valence electrons. The Bertz CT molecular complexity index is 326. The smallest absolute Gasteiger partial charge is 0.187 e. The summed E-state index contributed by atoms with van der Waals surface area (Å²) in [6, 6.07) is 1.87. The van der Waals surface area contributed by atoms with Gasteiger partial charge in [-0.2, -0.15) is 0 Å². The Morgan fingerprint density at radius 3 is 2.73 bits per heavy atom. The molecule has 1 heterocycles. The Balaban J connectivity index is 2.57. The quantitative estimate of drug-likeness (QED) is 0.632. The summed E-state index contributed by atoms with van der Waals surface area (Å²) >= 11 is 1.50. The van der Waals surface area contributed by atoms with Crippen molar-refractivity contribution < 1.29 is 5.11 Å². The number of aromatic nitrogens is 2. The van der Waals surface area contributed by atoms with Crippen LogP contribution >= 0.6 is 11.8 Å². The van der Waals surface area contributed by atoms with Gasteiger partial charge in [-0.15, -0.1) is 0 Å². The van der Waals surface area contributed by atoms with Crippen LogP contribution in [0, 0.1) is 12.8 Å². The average Bonchev–Trinajstić information content (AvgIpc) is 2.15. The summed E-state index contributed by atoms with van der Waals surface area (Å²) in [6.45, 7) is 7.81. The summed E-state index contributed by atoms with van der Waals surface area (Å²) in [4.78, 5) is 8.42. The highest BCUT2D eigenvalue weighted by Crippen LogP contribution is 2.24. The molecule has 0 aliphatic heterocycles. The minimum atomic E-state index is -0.669. The normalized spacial score (nSPS) is 15.3. The fourth-order valence-electron chi connectivity index (χ4n) is 0.873. The minimum Gasteiger partial charge on any atom is -0.389 e. The number of aryl methyl sites for hydroxylation is 1. The first-order chi connectivity index (χ1) is 6.92. The first kappa shape index (κ1) is 12.5. The largest absolute Gasteiger partial charge is 0.389 e. The number of hydrogen-bond donors (Lipinski definition) is 1. The standard InChI is InChI=1S/C11H18N2OS/c1-8(2)11(4,14)7-15-10-12-6-5-9(3)13-10/h5-6,8,14H,7H2,1-4H3. The van der Waals surface area contributed by atoms with Crippen LogP contribution < -0.4 is 0 Å². The highest BCUT2D eigenvalue weighted by Gasteiger charge is 2.25. The van der Waals surface area contributed by atoms with Crippen LogP contribution in [0.4, 0.5) is 0 Å². The molecule has 0 spiro atoms. The zero-order valence-electron chi connectivity index (χ0n) is 9.69. The second-order valence-corrected chi connectivity index (χ2v) is 5.22. The van der Waals surface area contributed by atoms with Crippen LogP contribution in [0.15, 0.2) is 17.4 Å². The lowest BCUT2D eigenvalue weighted by atomic mass is 9.95. The molecule has 1 atom stereocenters. The van der Waals surface area contributed by atoms with E-state index in [-0.39, 0.29) is 5.92 Å². The molecule has 4 heteroatoms. The van der Waals surface area contributed by atoms with Gasteiger partial charge in [-0.3, -0.25) is 0 Å². The van der Waals surface area contributed by atoms with Crippen molar-refractivity contribution >= 4 is 11.8 Å². The van der Waals surface area contributed by atoms with Gasteiger partial charge in [-0.1, -0.05) is 25.6 Å². The molecule has 0 aliphatic rings. The van der Waals surface area contributed by atoms with Crippen molar-refractivity contribution in [3.63, 3.8) is 0 Å². The third-order valence-electron chi connectivity index (χ3n) is 2.51. The van der Waals surface area contributed by atoms with Crippen LogP contribution in [-0.4, -0.2) is 26.4 Å². The van der Waals surface area contributed by atoms with E-state index < -0.39 is 5.60 Å². The van der Waals surface area contributed by atoms with Gasteiger partial charge in [-0.05, 0) is 25.8 Å². The highest BCUT2D eigenvalue weighted by atomic mass is 32.2. The first-order valence-electron chi connectivity index (χ1n) is 5.06. The lowest BCUT2D eigenvalue weighted by molar-refractivity contribution is 0.0376. The second kappa shape index (κ2) is 4.94. The molecule has 1 aromatic heterocycles. The van der Waals surface area contributed by atoms with E-state index in [0.29, 0.717) is 5.75 Å². The Morgan fingerprint density at radius 1 is 1.53 bits per heavy atom. The number of hydrogen-bond acceptors (Lipinski definition) is 4. The van der Waals surface area contributed by atoms with E-state index in [9.17, 15) is 5.11 Å². The summed E-state index contributed by atoms with van der Waals surface area (Å²) in [5.74, 6) is 0.850. The molecule has 15 heavy (non-hydrogen) atoms. The van der Waals surface area contributed by atoms with E-state index in [2.05, 4.69) is 9.97 Å². The SMILES string of the molecule is Cc1ccnc(SCC(C)(O)C(C)C)n1. The maximum Gasteiger partial charge on any atom is 0.187 e. The van der Waals surface area contributed by atoms with E-state index in [1.165, 1.54) is 11.8 Å². The predicted octanol–water partition coefficient (Wildman–Crippen LogP) is 2.28. The van der Waals surface area contributed by atoms with Crippen LogP contribution in [0.3, 0.4) is 0 Å². The minimum absolute atomic E-state index is 0.231. The van der Waals surface area contributed by atoms with Crippen molar-refractivity contribution in [1.29, 1.82) is 0 Å². The highest BCUT2D eigenvalue weighted by molar-refractivity contribution is 7.99. The summed E-state index contributed by atoms with van der Waals surface area (Å²) in [5, 5.41) is 10.8.